The molecule has 0 bridgehead atoms. The van der Waals surface area contributed by atoms with Gasteiger partial charge >= 0.3 is 6.18 Å². The molecule has 2 amide bonds. The van der Waals surface area contributed by atoms with Gasteiger partial charge in [-0.25, -0.2) is 0 Å². The Morgan fingerprint density at radius 3 is 2.52 bits per heavy atom. The van der Waals surface area contributed by atoms with Gasteiger partial charge in [-0.05, 0) is 82.7 Å². The number of carbonyl (C=O) groups is 2. The van der Waals surface area contributed by atoms with Crippen molar-refractivity contribution < 1.29 is 27.2 Å². The highest BCUT2D eigenvalue weighted by Crippen LogP contribution is 2.38. The topological polar surface area (TPSA) is 84.0 Å². The molecule has 12 heteroatoms. The van der Waals surface area contributed by atoms with E-state index in [1.807, 2.05) is 4.90 Å². The quantitative estimate of drug-likeness (QED) is 0.327. The number of unbranched alkanes of at least 4 members (excludes halogenated alkanes) is 2. The lowest BCUT2D eigenvalue weighted by Gasteiger charge is -2.29. The number of nitrogens with zero attached hydrogens (tertiary/aromatic N) is 5. The lowest BCUT2D eigenvalue weighted by molar-refractivity contribution is -0.137. The minimum absolute atomic E-state index is 0.00152. The molecular formula is C28H32F3N5O3S. The molecule has 2 aliphatic heterocycles. The standard InChI is InChI=1S/C28H32F3N5O3S/c1-27(2)25(38)36(22-8-7-20(18-32)23(17-22)28(29,30)31)26(40)35(27)13-5-3-4-10-33-11-6-12-34(15-14-33)24(37)21-9-16-39-19-21/h7-9,16-17,19H,3-6,10-15H2,1-2H3. The van der Waals surface area contributed by atoms with Crippen LogP contribution >= 0.6 is 12.2 Å². The Labute approximate surface area is 236 Å². The molecule has 1 aromatic heterocycles. The minimum atomic E-state index is -4.73. The molecule has 1 aromatic carbocycles. The summed E-state index contributed by atoms with van der Waals surface area (Å²) in [6.07, 6.45) is 1.69. The summed E-state index contributed by atoms with van der Waals surface area (Å²) in [6.45, 7) is 7.86. The van der Waals surface area contributed by atoms with Crippen molar-refractivity contribution >= 4 is 34.8 Å². The summed E-state index contributed by atoms with van der Waals surface area (Å²) >= 11 is 5.56. The van der Waals surface area contributed by atoms with Gasteiger partial charge in [0.1, 0.15) is 11.8 Å². The fourth-order valence-electron chi connectivity index (χ4n) is 5.19. The predicted molar refractivity (Wildman–Crippen MR) is 147 cm³/mol. The molecular weight excluding hydrogens is 543 g/mol. The van der Waals surface area contributed by atoms with Gasteiger partial charge in [-0.2, -0.15) is 18.4 Å². The van der Waals surface area contributed by atoms with Crippen molar-refractivity contribution in [3.05, 3.63) is 53.5 Å². The zero-order chi connectivity index (χ0) is 29.1. The van der Waals surface area contributed by atoms with Gasteiger partial charge in [0.15, 0.2) is 5.11 Å². The van der Waals surface area contributed by atoms with Crippen molar-refractivity contribution in [2.24, 2.45) is 0 Å². The van der Waals surface area contributed by atoms with Crippen LogP contribution in [0, 0.1) is 11.3 Å². The molecule has 0 saturated carbocycles. The van der Waals surface area contributed by atoms with Gasteiger partial charge in [-0.3, -0.25) is 14.5 Å². The van der Waals surface area contributed by atoms with Gasteiger partial charge in [0, 0.05) is 26.2 Å². The Morgan fingerprint density at radius 2 is 1.85 bits per heavy atom. The van der Waals surface area contributed by atoms with Gasteiger partial charge < -0.3 is 19.1 Å². The number of amides is 2. The van der Waals surface area contributed by atoms with Crippen LogP contribution in [0.4, 0.5) is 18.9 Å². The number of thiocarbonyl (C=S) groups is 1. The number of hydrogen-bond donors (Lipinski definition) is 0. The Hall–Kier alpha value is -3.43. The summed E-state index contributed by atoms with van der Waals surface area (Å²) in [5.74, 6) is -0.423. The Kier molecular flexibility index (Phi) is 8.85. The van der Waals surface area contributed by atoms with E-state index >= 15 is 0 Å². The van der Waals surface area contributed by atoms with Gasteiger partial charge in [0.05, 0.1) is 34.7 Å². The number of alkyl halides is 3. The van der Waals surface area contributed by atoms with Crippen molar-refractivity contribution in [1.29, 1.82) is 5.26 Å². The molecule has 0 aliphatic carbocycles. The largest absolute Gasteiger partial charge is 0.472 e. The molecule has 0 unspecified atom stereocenters. The number of anilines is 1. The number of carbonyl (C=O) groups excluding carboxylic acids is 2. The summed E-state index contributed by atoms with van der Waals surface area (Å²) in [6, 6.07) is 6.44. The average molecular weight is 576 g/mol. The molecule has 3 heterocycles. The SMILES string of the molecule is CC1(C)C(=O)N(c2ccc(C#N)c(C(F)(F)F)c2)C(=S)N1CCCCCN1CCCN(C(=O)c2ccoc2)CC1. The van der Waals surface area contributed by atoms with Crippen LogP contribution in [0.3, 0.4) is 0 Å². The smallest absolute Gasteiger partial charge is 0.417 e. The molecule has 2 fully saturated rings. The Morgan fingerprint density at radius 1 is 1.10 bits per heavy atom. The summed E-state index contributed by atoms with van der Waals surface area (Å²) in [5, 5.41) is 9.24. The predicted octanol–water partition coefficient (Wildman–Crippen LogP) is 4.90. The molecule has 2 aromatic rings. The third-order valence-corrected chi connectivity index (χ3v) is 7.91. The van der Waals surface area contributed by atoms with Crippen LogP contribution in [0.15, 0.2) is 41.2 Å². The fourth-order valence-corrected chi connectivity index (χ4v) is 5.70. The maximum atomic E-state index is 13.5. The lowest BCUT2D eigenvalue weighted by atomic mass is 10.0. The van der Waals surface area contributed by atoms with E-state index in [4.69, 9.17) is 21.9 Å². The first kappa shape index (κ1) is 29.6. The third-order valence-electron chi connectivity index (χ3n) is 7.51. The zero-order valence-corrected chi connectivity index (χ0v) is 23.4. The van der Waals surface area contributed by atoms with Crippen molar-refractivity contribution in [2.75, 3.05) is 44.2 Å². The fraction of sp³-hybridized carbons (Fsp3) is 0.500. The molecule has 0 radical (unpaired) electrons. The van der Waals surface area contributed by atoms with E-state index in [-0.39, 0.29) is 16.7 Å². The number of nitriles is 1. The molecule has 0 atom stereocenters. The molecule has 214 valence electrons. The molecule has 4 rings (SSSR count). The van der Waals surface area contributed by atoms with Crippen LogP contribution in [0.2, 0.25) is 0 Å². The van der Waals surface area contributed by atoms with E-state index in [2.05, 4.69) is 4.90 Å². The second-order valence-corrected chi connectivity index (χ2v) is 10.9. The number of halogens is 3. The highest BCUT2D eigenvalue weighted by molar-refractivity contribution is 7.80. The number of rotatable bonds is 8. The molecule has 8 nitrogen and oxygen atoms in total. The molecule has 40 heavy (non-hydrogen) atoms. The first-order valence-electron chi connectivity index (χ1n) is 13.3. The van der Waals surface area contributed by atoms with Crippen LogP contribution in [0.1, 0.15) is 61.0 Å². The van der Waals surface area contributed by atoms with Crippen molar-refractivity contribution in [1.82, 2.24) is 14.7 Å². The van der Waals surface area contributed by atoms with E-state index in [1.54, 1.807) is 30.9 Å². The summed E-state index contributed by atoms with van der Waals surface area (Å²) < 4.78 is 45.6. The van der Waals surface area contributed by atoms with Crippen LogP contribution in [0.25, 0.3) is 0 Å². The van der Waals surface area contributed by atoms with Gasteiger partial charge in [0.2, 0.25) is 0 Å². The second kappa shape index (κ2) is 12.0. The summed E-state index contributed by atoms with van der Waals surface area (Å²) in [5.41, 5.74) is -2.06. The maximum absolute atomic E-state index is 13.5. The first-order valence-corrected chi connectivity index (χ1v) is 13.7. The van der Waals surface area contributed by atoms with E-state index in [1.165, 1.54) is 18.6 Å². The van der Waals surface area contributed by atoms with Gasteiger partial charge in [-0.1, -0.05) is 6.42 Å². The van der Waals surface area contributed by atoms with Gasteiger partial charge in [0.25, 0.3) is 11.8 Å². The normalized spacial score (nSPS) is 18.2. The highest BCUT2D eigenvalue weighted by Gasteiger charge is 2.49. The van der Waals surface area contributed by atoms with E-state index < -0.39 is 28.7 Å². The summed E-state index contributed by atoms with van der Waals surface area (Å²) in [4.78, 5) is 33.0. The summed E-state index contributed by atoms with van der Waals surface area (Å²) in [7, 11) is 0. The molecule has 0 spiro atoms. The number of furan rings is 1. The second-order valence-electron chi connectivity index (χ2n) is 10.5. The molecule has 2 aliphatic rings. The van der Waals surface area contributed by atoms with E-state index in [0.717, 1.165) is 62.4 Å². The van der Waals surface area contributed by atoms with Crippen LogP contribution in [-0.4, -0.2) is 76.4 Å². The number of benzene rings is 1. The molecule has 0 N–H and O–H groups in total. The highest BCUT2D eigenvalue weighted by atomic mass is 32.1. The van der Waals surface area contributed by atoms with E-state index in [0.29, 0.717) is 25.2 Å². The van der Waals surface area contributed by atoms with Crippen molar-refractivity contribution in [2.45, 2.75) is 51.2 Å². The van der Waals surface area contributed by atoms with E-state index in [9.17, 15) is 22.8 Å². The van der Waals surface area contributed by atoms with Crippen LogP contribution < -0.4 is 4.90 Å². The zero-order valence-electron chi connectivity index (χ0n) is 22.5. The number of hydrogen-bond acceptors (Lipinski definition) is 6. The molecule has 2 saturated heterocycles. The maximum Gasteiger partial charge on any atom is 0.417 e. The van der Waals surface area contributed by atoms with Crippen LogP contribution in [-0.2, 0) is 11.0 Å². The lowest BCUT2D eigenvalue weighted by Crippen LogP contribution is -2.44. The van der Waals surface area contributed by atoms with Crippen LogP contribution in [0.5, 0.6) is 0 Å². The Bertz CT molecular complexity index is 1290. The average Bonchev–Trinajstić information content (AvgIpc) is 3.41. The van der Waals surface area contributed by atoms with Crippen molar-refractivity contribution in [3.8, 4) is 6.07 Å². The van der Waals surface area contributed by atoms with Crippen molar-refractivity contribution in [3.63, 3.8) is 0 Å². The monoisotopic (exact) mass is 575 g/mol. The van der Waals surface area contributed by atoms with Gasteiger partial charge in [-0.15, -0.1) is 0 Å². The third kappa shape index (κ3) is 6.15. The first-order chi connectivity index (χ1) is 18.9. The Balaban J connectivity index is 1.29. The minimum Gasteiger partial charge on any atom is -0.472 e.